The van der Waals surface area contributed by atoms with Gasteiger partial charge in [-0.1, -0.05) is 140 Å². The van der Waals surface area contributed by atoms with Crippen molar-refractivity contribution in [1.82, 2.24) is 19.1 Å². The van der Waals surface area contributed by atoms with Crippen molar-refractivity contribution in [3.8, 4) is 45.3 Å². The van der Waals surface area contributed by atoms with Crippen LogP contribution in [0.4, 0.5) is 0 Å². The van der Waals surface area contributed by atoms with E-state index in [0.29, 0.717) is 0 Å². The van der Waals surface area contributed by atoms with Crippen molar-refractivity contribution in [3.05, 3.63) is 181 Å². The quantitative estimate of drug-likeness (QED) is 0.190. The summed E-state index contributed by atoms with van der Waals surface area (Å²) in [6, 6.07) is 60.7. The van der Waals surface area contributed by atoms with Crippen LogP contribution in [-0.2, 0) is 6.42 Å². The van der Waals surface area contributed by atoms with Crippen LogP contribution < -0.4 is 0 Å². The average molecular weight is 651 g/mol. The molecule has 0 unspecified atom stereocenters. The Labute approximate surface area is 294 Å². The van der Waals surface area contributed by atoms with Gasteiger partial charge in [-0.2, -0.15) is 0 Å². The largest absolute Gasteiger partial charge is 0.307 e. The monoisotopic (exact) mass is 650 g/mol. The van der Waals surface area contributed by atoms with Crippen LogP contribution in [0.3, 0.4) is 0 Å². The summed E-state index contributed by atoms with van der Waals surface area (Å²) in [5.41, 5.74) is 14.9. The minimum Gasteiger partial charge on any atom is -0.307 e. The van der Waals surface area contributed by atoms with Crippen molar-refractivity contribution in [1.29, 1.82) is 0 Å². The number of hydrogen-bond donors (Lipinski definition) is 0. The second-order valence-electron chi connectivity index (χ2n) is 13.3. The third kappa shape index (κ3) is 4.08. The fourth-order valence-electron chi connectivity index (χ4n) is 8.39. The molecule has 0 spiro atoms. The molecule has 238 valence electrons. The maximum absolute atomic E-state index is 5.31. The third-order valence-electron chi connectivity index (χ3n) is 10.6. The molecule has 0 amide bonds. The first kappa shape index (κ1) is 28.1. The molecule has 3 heterocycles. The first-order chi connectivity index (χ1) is 25.3. The van der Waals surface area contributed by atoms with Crippen LogP contribution >= 0.6 is 0 Å². The summed E-state index contributed by atoms with van der Waals surface area (Å²) < 4.78 is 4.97. The maximum atomic E-state index is 5.31. The molecule has 3 aromatic heterocycles. The molecule has 4 nitrogen and oxygen atoms in total. The van der Waals surface area contributed by atoms with Gasteiger partial charge in [0.2, 0.25) is 0 Å². The first-order valence-electron chi connectivity index (χ1n) is 17.5. The highest BCUT2D eigenvalue weighted by Crippen LogP contribution is 2.46. The van der Waals surface area contributed by atoms with Gasteiger partial charge in [0.15, 0.2) is 5.82 Å². The average Bonchev–Trinajstić information content (AvgIpc) is 3.86. The molecule has 0 bridgehead atoms. The number of aromatic nitrogens is 4. The maximum Gasteiger partial charge on any atom is 0.160 e. The smallest absolute Gasteiger partial charge is 0.160 e. The summed E-state index contributed by atoms with van der Waals surface area (Å²) in [4.78, 5) is 10.6. The van der Waals surface area contributed by atoms with E-state index >= 15 is 0 Å². The van der Waals surface area contributed by atoms with Crippen LogP contribution in [0.5, 0.6) is 0 Å². The van der Waals surface area contributed by atoms with E-state index in [4.69, 9.17) is 9.97 Å². The second-order valence-corrected chi connectivity index (χ2v) is 13.3. The predicted molar refractivity (Wildman–Crippen MR) is 210 cm³/mol. The molecule has 0 N–H and O–H groups in total. The van der Waals surface area contributed by atoms with Gasteiger partial charge < -0.3 is 9.13 Å². The molecule has 7 aromatic carbocycles. The number of fused-ring (bicyclic) bond motifs is 10. The van der Waals surface area contributed by atoms with Gasteiger partial charge in [0, 0.05) is 55.9 Å². The van der Waals surface area contributed by atoms with Crippen molar-refractivity contribution in [2.45, 2.75) is 6.42 Å². The molecular formula is C47H30N4. The van der Waals surface area contributed by atoms with E-state index < -0.39 is 0 Å². The van der Waals surface area contributed by atoms with E-state index in [0.717, 1.165) is 40.4 Å². The molecule has 51 heavy (non-hydrogen) atoms. The zero-order chi connectivity index (χ0) is 33.5. The molecule has 0 aliphatic heterocycles. The summed E-state index contributed by atoms with van der Waals surface area (Å²) in [5, 5.41) is 4.97. The van der Waals surface area contributed by atoms with Gasteiger partial charge in [-0.3, -0.25) is 0 Å². The van der Waals surface area contributed by atoms with Gasteiger partial charge in [-0.25, -0.2) is 9.97 Å². The van der Waals surface area contributed by atoms with E-state index in [1.165, 1.54) is 66.0 Å². The number of hydrogen-bond acceptors (Lipinski definition) is 2. The number of benzene rings is 7. The lowest BCUT2D eigenvalue weighted by atomic mass is 10.0. The molecule has 0 radical (unpaired) electrons. The Balaban J connectivity index is 1.25. The van der Waals surface area contributed by atoms with Crippen LogP contribution in [-0.4, -0.2) is 19.1 Å². The summed E-state index contributed by atoms with van der Waals surface area (Å²) in [7, 11) is 0. The molecule has 0 fully saturated rings. The molecule has 0 atom stereocenters. The fraction of sp³-hybridized carbons (Fsp3) is 0.0213. The number of para-hydroxylation sites is 3. The minimum atomic E-state index is 0.742. The molecule has 1 aliphatic rings. The molecule has 0 saturated carbocycles. The van der Waals surface area contributed by atoms with Gasteiger partial charge in [0.25, 0.3) is 0 Å². The number of rotatable bonds is 4. The lowest BCUT2D eigenvalue weighted by molar-refractivity contribution is 1.10. The standard InChI is InChI=1S/C47H30N4/c1-4-15-30(16-5-1)43-39-29-38-35(44(39)49-47(48-43)31-17-6-2-7-18-31)23-14-26-42(38)51-41-25-13-11-22-34(41)37-28-27-36-33-21-10-12-24-40(33)50(45(36)46(37)51)32-19-8-3-9-20-32/h1-28H,29H2. The van der Waals surface area contributed by atoms with Crippen molar-refractivity contribution in [2.75, 3.05) is 0 Å². The molecule has 11 rings (SSSR count). The fourth-order valence-corrected chi connectivity index (χ4v) is 8.39. The van der Waals surface area contributed by atoms with Gasteiger partial charge in [-0.15, -0.1) is 0 Å². The lowest BCUT2D eigenvalue weighted by Crippen LogP contribution is -2.01. The van der Waals surface area contributed by atoms with Gasteiger partial charge in [0.05, 0.1) is 39.1 Å². The molecule has 1 aliphatic carbocycles. The Morgan fingerprint density at radius 3 is 1.63 bits per heavy atom. The van der Waals surface area contributed by atoms with E-state index in [9.17, 15) is 0 Å². The zero-order valence-electron chi connectivity index (χ0n) is 27.7. The Bertz CT molecular complexity index is 2970. The van der Waals surface area contributed by atoms with Crippen molar-refractivity contribution in [2.24, 2.45) is 0 Å². The van der Waals surface area contributed by atoms with Crippen LogP contribution in [0.25, 0.3) is 88.9 Å². The number of nitrogens with zero attached hydrogens (tertiary/aromatic N) is 4. The van der Waals surface area contributed by atoms with Gasteiger partial charge in [-0.05, 0) is 35.9 Å². The van der Waals surface area contributed by atoms with Crippen molar-refractivity contribution >= 4 is 43.6 Å². The van der Waals surface area contributed by atoms with E-state index in [2.05, 4.69) is 173 Å². The summed E-state index contributed by atoms with van der Waals surface area (Å²) in [6.07, 6.45) is 0.742. The van der Waals surface area contributed by atoms with Crippen LogP contribution in [0.2, 0.25) is 0 Å². The van der Waals surface area contributed by atoms with Gasteiger partial charge in [0.1, 0.15) is 0 Å². The van der Waals surface area contributed by atoms with Gasteiger partial charge >= 0.3 is 0 Å². The Hall–Kier alpha value is -6.78. The van der Waals surface area contributed by atoms with Crippen molar-refractivity contribution < 1.29 is 0 Å². The lowest BCUT2D eigenvalue weighted by Gasteiger charge is -2.15. The third-order valence-corrected chi connectivity index (χ3v) is 10.6. The van der Waals surface area contributed by atoms with E-state index in [1.54, 1.807) is 0 Å². The highest BCUT2D eigenvalue weighted by Gasteiger charge is 2.30. The predicted octanol–water partition coefficient (Wildman–Crippen LogP) is 11.6. The first-order valence-corrected chi connectivity index (χ1v) is 17.5. The molecule has 0 saturated heterocycles. The topological polar surface area (TPSA) is 35.6 Å². The molecule has 4 heteroatoms. The van der Waals surface area contributed by atoms with E-state index in [-0.39, 0.29) is 0 Å². The van der Waals surface area contributed by atoms with Crippen LogP contribution in [0, 0.1) is 0 Å². The summed E-state index contributed by atoms with van der Waals surface area (Å²) >= 11 is 0. The molecular weight excluding hydrogens is 621 g/mol. The summed E-state index contributed by atoms with van der Waals surface area (Å²) in [5.74, 6) is 0.748. The summed E-state index contributed by atoms with van der Waals surface area (Å²) in [6.45, 7) is 0. The Kier molecular flexibility index (Phi) is 5.98. The van der Waals surface area contributed by atoms with E-state index in [1.807, 2.05) is 6.07 Å². The highest BCUT2D eigenvalue weighted by atomic mass is 15.0. The Morgan fingerprint density at radius 2 is 0.941 bits per heavy atom. The minimum absolute atomic E-state index is 0.742. The highest BCUT2D eigenvalue weighted by molar-refractivity contribution is 6.24. The van der Waals surface area contributed by atoms with Crippen molar-refractivity contribution in [3.63, 3.8) is 0 Å². The zero-order valence-corrected chi connectivity index (χ0v) is 27.7. The Morgan fingerprint density at radius 1 is 0.392 bits per heavy atom. The SMILES string of the molecule is c1ccc(-c2nc(-c3ccccc3)c3c(n2)-c2cccc(-n4c5ccccc5c5ccc6c7ccccc7n(-c7ccccc7)c6c54)c2C3)cc1. The normalized spacial score (nSPS) is 12.2. The van der Waals surface area contributed by atoms with Crippen LogP contribution in [0.1, 0.15) is 11.1 Å². The van der Waals surface area contributed by atoms with Crippen LogP contribution in [0.15, 0.2) is 170 Å². The second kappa shape index (κ2) is 10.9. The molecule has 10 aromatic rings.